The second-order valence-corrected chi connectivity index (χ2v) is 20.4. The molecule has 0 spiro atoms. The van der Waals surface area contributed by atoms with Gasteiger partial charge in [0, 0.05) is 64.4 Å². The van der Waals surface area contributed by atoms with Crippen LogP contribution in [0.5, 0.6) is 0 Å². The van der Waals surface area contributed by atoms with Crippen molar-refractivity contribution in [3.63, 3.8) is 0 Å². The predicted molar refractivity (Wildman–Crippen MR) is 261 cm³/mol. The van der Waals surface area contributed by atoms with E-state index in [0.29, 0.717) is 0 Å². The number of anilines is 3. The Morgan fingerprint density at radius 3 is 1.85 bits per heavy atom. The summed E-state index contributed by atoms with van der Waals surface area (Å²) in [5.41, 5.74) is 19.5. The Balaban J connectivity index is 1.02. The van der Waals surface area contributed by atoms with E-state index in [2.05, 4.69) is 205 Å². The Hall–Kier alpha value is -6.42. The third-order valence-electron chi connectivity index (χ3n) is 14.0. The Morgan fingerprint density at radius 2 is 1.08 bits per heavy atom. The minimum absolute atomic E-state index is 0.0752. The first kappa shape index (κ1) is 36.4. The number of furan rings is 1. The third-order valence-corrected chi connectivity index (χ3v) is 15.2. The Kier molecular flexibility index (Phi) is 7.50. The summed E-state index contributed by atoms with van der Waals surface area (Å²) in [5.74, 6) is 0. The van der Waals surface area contributed by atoms with Crippen LogP contribution in [-0.4, -0.2) is 0 Å². The molecule has 8 aromatic carbocycles. The summed E-state index contributed by atoms with van der Waals surface area (Å²) in [6.45, 7) is 16.6. The first-order valence-electron chi connectivity index (χ1n) is 21.6. The Bertz CT molecular complexity index is 3460. The number of hydrogen-bond acceptors (Lipinski definition) is 3. The molecule has 0 N–H and O–H groups in total. The maximum atomic E-state index is 6.49. The van der Waals surface area contributed by atoms with Crippen LogP contribution in [0, 0.1) is 0 Å². The second kappa shape index (κ2) is 12.6. The van der Waals surface area contributed by atoms with E-state index in [1.807, 2.05) is 17.4 Å². The lowest BCUT2D eigenvalue weighted by molar-refractivity contribution is 0.591. The third kappa shape index (κ3) is 5.20. The van der Waals surface area contributed by atoms with Crippen molar-refractivity contribution >= 4 is 70.5 Å². The van der Waals surface area contributed by atoms with Gasteiger partial charge in [0.25, 0.3) is 0 Å². The monoisotopic (exact) mass is 805 g/mol. The molecule has 0 fully saturated rings. The van der Waals surface area contributed by atoms with Crippen molar-refractivity contribution in [3.8, 4) is 33.4 Å². The van der Waals surface area contributed by atoms with Crippen molar-refractivity contribution in [3.05, 3.63) is 186 Å². The van der Waals surface area contributed by atoms with Crippen molar-refractivity contribution in [2.45, 2.75) is 64.7 Å². The summed E-state index contributed by atoms with van der Waals surface area (Å²) in [5, 5.41) is 5.09. The highest BCUT2D eigenvalue weighted by Crippen LogP contribution is 2.56. The number of nitrogens with zero attached hydrogens (tertiary/aromatic N) is 1. The van der Waals surface area contributed by atoms with Crippen LogP contribution in [0.1, 0.15) is 76.3 Å². The van der Waals surface area contributed by atoms with Gasteiger partial charge in [-0.2, -0.15) is 0 Å². The largest absolute Gasteiger partial charge is 0.455 e. The number of thiophene rings is 1. The van der Waals surface area contributed by atoms with Crippen LogP contribution in [0.3, 0.4) is 0 Å². The van der Waals surface area contributed by atoms with Gasteiger partial charge < -0.3 is 9.32 Å². The first-order valence-corrected chi connectivity index (χ1v) is 22.4. The van der Waals surface area contributed by atoms with Crippen molar-refractivity contribution in [1.82, 2.24) is 0 Å². The number of para-hydroxylation sites is 2. The van der Waals surface area contributed by atoms with Gasteiger partial charge in [-0.1, -0.05) is 146 Å². The average molecular weight is 806 g/mol. The fourth-order valence-electron chi connectivity index (χ4n) is 10.8. The molecule has 2 heterocycles. The topological polar surface area (TPSA) is 16.4 Å². The van der Waals surface area contributed by atoms with Crippen LogP contribution >= 0.6 is 11.3 Å². The molecule has 0 aliphatic heterocycles. The molecule has 0 unspecified atom stereocenters. The van der Waals surface area contributed by atoms with Gasteiger partial charge in [-0.25, -0.2) is 0 Å². The summed E-state index contributed by atoms with van der Waals surface area (Å²) < 4.78 is 9.21. The van der Waals surface area contributed by atoms with Crippen LogP contribution < -0.4 is 4.90 Å². The standard InChI is InChI=1S/C58H47NOS/c1-56(2,3)35-21-29-51-46(31-35)53-52(61-51)30-28-44-42-27-25-38(33-49(42)58(6,7)54(44)53)59(37-24-26-41-40-13-8-10-17-47(40)57(4,5)48(41)32-37)36-22-19-34(20-23-36)39-15-12-16-45-43-14-9-11-18-50(43)60-55(39)45/h8-33H,1-7H3. The van der Waals surface area contributed by atoms with Gasteiger partial charge in [-0.05, 0) is 122 Å². The van der Waals surface area contributed by atoms with Gasteiger partial charge in [0.15, 0.2) is 0 Å². The van der Waals surface area contributed by atoms with Crippen molar-refractivity contribution < 1.29 is 4.42 Å². The SMILES string of the molecule is CC(C)(C)c1ccc2sc3ccc4c(c3c2c1)C(C)(C)c1cc(N(c2ccc(-c3cccc5c3oc3ccccc35)cc2)c2ccc3c(c2)C(C)(C)c2ccccc2-3)ccc1-4. The number of rotatable bonds is 4. The highest BCUT2D eigenvalue weighted by molar-refractivity contribution is 7.25. The summed E-state index contributed by atoms with van der Waals surface area (Å²) in [7, 11) is 0. The van der Waals surface area contributed by atoms with Gasteiger partial charge in [0.2, 0.25) is 0 Å². The lowest BCUT2D eigenvalue weighted by atomic mass is 9.80. The minimum Gasteiger partial charge on any atom is -0.455 e. The number of fused-ring (bicyclic) bond motifs is 13. The fourth-order valence-corrected chi connectivity index (χ4v) is 11.9. The normalized spacial score (nSPS) is 14.7. The molecule has 2 aliphatic rings. The van der Waals surface area contributed by atoms with E-state index in [1.54, 1.807) is 0 Å². The average Bonchev–Trinajstić information content (AvgIpc) is 3.96. The van der Waals surface area contributed by atoms with E-state index in [-0.39, 0.29) is 16.2 Å². The molecular formula is C58H47NOS. The van der Waals surface area contributed by atoms with Crippen molar-refractivity contribution in [2.75, 3.05) is 4.90 Å². The van der Waals surface area contributed by atoms with Crippen LogP contribution in [0.2, 0.25) is 0 Å². The molecule has 0 bridgehead atoms. The van der Waals surface area contributed by atoms with E-state index in [0.717, 1.165) is 50.1 Å². The molecule has 2 nitrogen and oxygen atoms in total. The molecule has 0 saturated heterocycles. The molecule has 2 aromatic heterocycles. The number of benzene rings is 8. The second-order valence-electron chi connectivity index (χ2n) is 19.3. The predicted octanol–water partition coefficient (Wildman–Crippen LogP) is 17.0. The summed E-state index contributed by atoms with van der Waals surface area (Å²) in [6.07, 6.45) is 0. The highest BCUT2D eigenvalue weighted by Gasteiger charge is 2.39. The zero-order valence-corrected chi connectivity index (χ0v) is 36.6. The number of hydrogen-bond donors (Lipinski definition) is 0. The molecule has 0 saturated carbocycles. The molecule has 296 valence electrons. The Labute approximate surface area is 361 Å². The van der Waals surface area contributed by atoms with E-state index < -0.39 is 0 Å². The smallest absolute Gasteiger partial charge is 0.143 e. The summed E-state index contributed by atoms with van der Waals surface area (Å²) >= 11 is 1.92. The van der Waals surface area contributed by atoms with Gasteiger partial charge >= 0.3 is 0 Å². The van der Waals surface area contributed by atoms with E-state index in [1.165, 1.54) is 70.2 Å². The van der Waals surface area contributed by atoms with Crippen molar-refractivity contribution in [1.29, 1.82) is 0 Å². The molecule has 10 aromatic rings. The maximum absolute atomic E-state index is 6.49. The van der Waals surface area contributed by atoms with Gasteiger partial charge in [0.1, 0.15) is 11.2 Å². The minimum atomic E-state index is -0.214. The van der Waals surface area contributed by atoms with Crippen LogP contribution in [0.15, 0.2) is 162 Å². The molecule has 3 heteroatoms. The van der Waals surface area contributed by atoms with Crippen LogP contribution in [-0.2, 0) is 16.2 Å². The molecule has 12 rings (SSSR count). The lowest BCUT2D eigenvalue weighted by Crippen LogP contribution is -2.18. The van der Waals surface area contributed by atoms with Gasteiger partial charge in [0.05, 0.1) is 0 Å². The quantitative estimate of drug-likeness (QED) is 0.176. The van der Waals surface area contributed by atoms with Crippen molar-refractivity contribution in [2.24, 2.45) is 0 Å². The molecule has 61 heavy (non-hydrogen) atoms. The van der Waals surface area contributed by atoms with Gasteiger partial charge in [-0.15, -0.1) is 11.3 Å². The summed E-state index contributed by atoms with van der Waals surface area (Å²) in [6, 6.07) is 59.0. The van der Waals surface area contributed by atoms with E-state index in [4.69, 9.17) is 4.42 Å². The Morgan fingerprint density at radius 1 is 0.475 bits per heavy atom. The maximum Gasteiger partial charge on any atom is 0.143 e. The molecule has 0 atom stereocenters. The molecule has 0 radical (unpaired) electrons. The molecule has 0 amide bonds. The zero-order chi connectivity index (χ0) is 41.6. The summed E-state index contributed by atoms with van der Waals surface area (Å²) in [4.78, 5) is 2.47. The fraction of sp³-hybridized carbons (Fsp3) is 0.172. The van der Waals surface area contributed by atoms with E-state index >= 15 is 0 Å². The molecule has 2 aliphatic carbocycles. The first-order chi connectivity index (χ1) is 29.4. The van der Waals surface area contributed by atoms with Gasteiger partial charge in [-0.3, -0.25) is 0 Å². The zero-order valence-electron chi connectivity index (χ0n) is 35.8. The molecular weight excluding hydrogens is 759 g/mol. The lowest BCUT2D eigenvalue weighted by Gasteiger charge is -2.30. The van der Waals surface area contributed by atoms with E-state index in [9.17, 15) is 0 Å². The van der Waals surface area contributed by atoms with Crippen LogP contribution in [0.4, 0.5) is 17.1 Å². The highest BCUT2D eigenvalue weighted by atomic mass is 32.1. The van der Waals surface area contributed by atoms with Crippen LogP contribution in [0.25, 0.3) is 75.5 Å².